The van der Waals surface area contributed by atoms with Gasteiger partial charge in [0.25, 0.3) is 5.91 Å². The molecule has 1 amide bonds. The summed E-state index contributed by atoms with van der Waals surface area (Å²) in [6, 6.07) is 9.44. The molecule has 1 N–H and O–H groups in total. The van der Waals surface area contributed by atoms with Gasteiger partial charge in [0.15, 0.2) is 18.1 Å². The molecule has 0 atom stereocenters. The van der Waals surface area contributed by atoms with E-state index in [4.69, 9.17) is 30.5 Å². The molecule has 1 heterocycles. The van der Waals surface area contributed by atoms with Crippen LogP contribution in [0.3, 0.4) is 0 Å². The zero-order chi connectivity index (χ0) is 17.8. The van der Waals surface area contributed by atoms with Crippen molar-refractivity contribution >= 4 is 29.2 Å². The van der Waals surface area contributed by atoms with E-state index in [1.807, 2.05) is 0 Å². The summed E-state index contributed by atoms with van der Waals surface area (Å²) >= 11 is 5.98. The Labute approximate surface area is 148 Å². The highest BCUT2D eigenvalue weighted by molar-refractivity contribution is 6.32. The minimum Gasteiger partial charge on any atom is -0.495 e. The molecule has 2 aromatic rings. The van der Waals surface area contributed by atoms with Crippen LogP contribution in [0.15, 0.2) is 36.4 Å². The molecular formula is C17H14ClNO6. The number of fused-ring (bicyclic) bond motifs is 1. The summed E-state index contributed by atoms with van der Waals surface area (Å²) in [4.78, 5) is 23.9. The SMILES string of the molecule is COc1ccc(NC(=O)COC(=O)c2ccc3c(c2)OCO3)cc1Cl. The molecule has 0 saturated heterocycles. The number of rotatable bonds is 5. The predicted molar refractivity (Wildman–Crippen MR) is 89.5 cm³/mol. The van der Waals surface area contributed by atoms with Gasteiger partial charge in [-0.2, -0.15) is 0 Å². The number of anilines is 1. The largest absolute Gasteiger partial charge is 0.495 e. The van der Waals surface area contributed by atoms with Gasteiger partial charge in [-0.15, -0.1) is 0 Å². The van der Waals surface area contributed by atoms with Gasteiger partial charge in [-0.05, 0) is 36.4 Å². The maximum atomic E-state index is 12.0. The second-order valence-corrected chi connectivity index (χ2v) is 5.45. The van der Waals surface area contributed by atoms with Crippen molar-refractivity contribution in [3.8, 4) is 17.2 Å². The van der Waals surface area contributed by atoms with Crippen LogP contribution in [-0.2, 0) is 9.53 Å². The lowest BCUT2D eigenvalue weighted by atomic mass is 10.2. The van der Waals surface area contributed by atoms with Crippen molar-refractivity contribution in [2.75, 3.05) is 25.8 Å². The lowest BCUT2D eigenvalue weighted by Crippen LogP contribution is -2.20. The Morgan fingerprint density at radius 1 is 1.16 bits per heavy atom. The standard InChI is InChI=1S/C17H14ClNO6/c1-22-13-5-3-11(7-12(13)18)19-16(20)8-23-17(21)10-2-4-14-15(6-10)25-9-24-14/h2-7H,8-9H2,1H3,(H,19,20). The van der Waals surface area contributed by atoms with Crippen LogP contribution in [0.4, 0.5) is 5.69 Å². The first-order chi connectivity index (χ1) is 12.1. The third kappa shape index (κ3) is 3.95. The summed E-state index contributed by atoms with van der Waals surface area (Å²) in [6.07, 6.45) is 0. The molecule has 1 aliphatic rings. The lowest BCUT2D eigenvalue weighted by molar-refractivity contribution is -0.119. The van der Waals surface area contributed by atoms with E-state index >= 15 is 0 Å². The van der Waals surface area contributed by atoms with Gasteiger partial charge >= 0.3 is 5.97 Å². The van der Waals surface area contributed by atoms with Crippen molar-refractivity contribution in [1.29, 1.82) is 0 Å². The van der Waals surface area contributed by atoms with Crippen LogP contribution in [0, 0.1) is 0 Å². The van der Waals surface area contributed by atoms with Crippen LogP contribution in [-0.4, -0.2) is 32.4 Å². The van der Waals surface area contributed by atoms with E-state index in [2.05, 4.69) is 5.32 Å². The quantitative estimate of drug-likeness (QED) is 0.822. The average Bonchev–Trinajstić information content (AvgIpc) is 3.07. The summed E-state index contributed by atoms with van der Waals surface area (Å²) in [6.45, 7) is -0.322. The molecule has 2 aromatic carbocycles. The van der Waals surface area contributed by atoms with Crippen LogP contribution in [0.2, 0.25) is 5.02 Å². The van der Waals surface area contributed by atoms with E-state index < -0.39 is 18.5 Å². The summed E-state index contributed by atoms with van der Waals surface area (Å²) in [7, 11) is 1.50. The van der Waals surface area contributed by atoms with E-state index in [9.17, 15) is 9.59 Å². The highest BCUT2D eigenvalue weighted by atomic mass is 35.5. The molecule has 130 valence electrons. The van der Waals surface area contributed by atoms with E-state index in [1.165, 1.54) is 25.3 Å². The Bertz CT molecular complexity index is 823. The molecule has 0 aromatic heterocycles. The Kier molecular flexibility index (Phi) is 4.95. The molecule has 7 nitrogen and oxygen atoms in total. The van der Waals surface area contributed by atoms with E-state index in [0.717, 1.165) is 0 Å². The third-order valence-electron chi connectivity index (χ3n) is 3.38. The summed E-state index contributed by atoms with van der Waals surface area (Å²) in [5, 5.41) is 2.94. The number of hydrogen-bond acceptors (Lipinski definition) is 6. The topological polar surface area (TPSA) is 83.1 Å². The van der Waals surface area contributed by atoms with E-state index in [1.54, 1.807) is 18.2 Å². The van der Waals surface area contributed by atoms with Gasteiger partial charge < -0.3 is 24.3 Å². The molecule has 0 fully saturated rings. The Hall–Kier alpha value is -2.93. The van der Waals surface area contributed by atoms with Crippen molar-refractivity contribution in [3.05, 3.63) is 47.0 Å². The second kappa shape index (κ2) is 7.31. The maximum Gasteiger partial charge on any atom is 0.338 e. The summed E-state index contributed by atoms with van der Waals surface area (Å²) in [5.41, 5.74) is 0.736. The number of halogens is 1. The average molecular weight is 364 g/mol. The van der Waals surface area contributed by atoms with Crippen LogP contribution in [0.25, 0.3) is 0 Å². The third-order valence-corrected chi connectivity index (χ3v) is 3.67. The lowest BCUT2D eigenvalue weighted by Gasteiger charge is -2.09. The smallest absolute Gasteiger partial charge is 0.338 e. The van der Waals surface area contributed by atoms with Crippen molar-refractivity contribution in [2.45, 2.75) is 0 Å². The van der Waals surface area contributed by atoms with Crippen molar-refractivity contribution in [2.24, 2.45) is 0 Å². The van der Waals surface area contributed by atoms with Gasteiger partial charge in [0.1, 0.15) is 5.75 Å². The molecule has 0 spiro atoms. The van der Waals surface area contributed by atoms with Gasteiger partial charge in [-0.3, -0.25) is 4.79 Å². The fourth-order valence-corrected chi connectivity index (χ4v) is 2.44. The monoisotopic (exact) mass is 363 g/mol. The van der Waals surface area contributed by atoms with Crippen LogP contribution in [0.1, 0.15) is 10.4 Å². The molecule has 0 bridgehead atoms. The summed E-state index contributed by atoms with van der Waals surface area (Å²) < 4.78 is 20.4. The molecule has 3 rings (SSSR count). The fraction of sp³-hybridized carbons (Fsp3) is 0.176. The maximum absolute atomic E-state index is 12.0. The number of methoxy groups -OCH3 is 1. The molecule has 8 heteroatoms. The van der Waals surface area contributed by atoms with Crippen molar-refractivity contribution in [1.82, 2.24) is 0 Å². The Morgan fingerprint density at radius 3 is 2.72 bits per heavy atom. The van der Waals surface area contributed by atoms with Crippen LogP contribution < -0.4 is 19.5 Å². The molecule has 1 aliphatic heterocycles. The van der Waals surface area contributed by atoms with Gasteiger partial charge in [-0.25, -0.2) is 4.79 Å². The Balaban J connectivity index is 1.55. The minimum absolute atomic E-state index is 0.112. The van der Waals surface area contributed by atoms with Gasteiger partial charge in [0.05, 0.1) is 17.7 Å². The summed E-state index contributed by atoms with van der Waals surface area (Å²) in [5.74, 6) is 0.392. The number of ether oxygens (including phenoxy) is 4. The molecular weight excluding hydrogens is 350 g/mol. The van der Waals surface area contributed by atoms with Crippen molar-refractivity contribution in [3.63, 3.8) is 0 Å². The number of benzene rings is 2. The first-order valence-corrected chi connectivity index (χ1v) is 7.65. The molecule has 0 aliphatic carbocycles. The zero-order valence-corrected chi connectivity index (χ0v) is 14.0. The van der Waals surface area contributed by atoms with Gasteiger partial charge in [-0.1, -0.05) is 11.6 Å². The van der Waals surface area contributed by atoms with Crippen molar-refractivity contribution < 1.29 is 28.5 Å². The molecule has 25 heavy (non-hydrogen) atoms. The highest BCUT2D eigenvalue weighted by Gasteiger charge is 2.17. The number of hydrogen-bond donors (Lipinski definition) is 1. The Morgan fingerprint density at radius 2 is 1.96 bits per heavy atom. The number of carbonyl (C=O) groups is 2. The first-order valence-electron chi connectivity index (χ1n) is 7.27. The normalized spacial score (nSPS) is 11.8. The van der Waals surface area contributed by atoms with Crippen LogP contribution >= 0.6 is 11.6 Å². The molecule has 0 unspecified atom stereocenters. The fourth-order valence-electron chi connectivity index (χ4n) is 2.18. The highest BCUT2D eigenvalue weighted by Crippen LogP contribution is 2.32. The first kappa shape index (κ1) is 16.9. The number of nitrogens with one attached hydrogen (secondary N) is 1. The van der Waals surface area contributed by atoms with Crippen LogP contribution in [0.5, 0.6) is 17.2 Å². The molecule has 0 radical (unpaired) electrons. The minimum atomic E-state index is -0.638. The number of esters is 1. The molecule has 0 saturated carbocycles. The predicted octanol–water partition coefficient (Wildman–Crippen LogP) is 2.87. The second-order valence-electron chi connectivity index (χ2n) is 5.04. The number of carbonyl (C=O) groups excluding carboxylic acids is 2. The van der Waals surface area contributed by atoms with E-state index in [-0.39, 0.29) is 12.4 Å². The van der Waals surface area contributed by atoms with Gasteiger partial charge in [0, 0.05) is 5.69 Å². The van der Waals surface area contributed by atoms with E-state index in [0.29, 0.717) is 28.0 Å². The zero-order valence-electron chi connectivity index (χ0n) is 13.2. The van der Waals surface area contributed by atoms with Gasteiger partial charge in [0.2, 0.25) is 6.79 Å². The number of amides is 1.